The zero-order valence-corrected chi connectivity index (χ0v) is 12.3. The summed E-state index contributed by atoms with van der Waals surface area (Å²) in [7, 11) is 0. The third-order valence-corrected chi connectivity index (χ3v) is 2.92. The first-order valence-corrected chi connectivity index (χ1v) is 6.89. The Morgan fingerprint density at radius 1 is 1.29 bits per heavy atom. The van der Waals surface area contributed by atoms with E-state index in [2.05, 4.69) is 4.74 Å². The van der Waals surface area contributed by atoms with Crippen LogP contribution >= 0.6 is 11.6 Å². The molecule has 118 valence electrons. The van der Waals surface area contributed by atoms with E-state index in [-0.39, 0.29) is 11.0 Å². The quantitative estimate of drug-likeness (QED) is 0.546. The van der Waals surface area contributed by atoms with Gasteiger partial charge in [-0.2, -0.15) is 0 Å². The van der Waals surface area contributed by atoms with Gasteiger partial charge >= 0.3 is 12.3 Å². The summed E-state index contributed by atoms with van der Waals surface area (Å²) in [5.41, 5.74) is 0.790. The van der Waals surface area contributed by atoms with E-state index < -0.39 is 12.1 Å². The molecule has 0 fully saturated rings. The Morgan fingerprint density at radius 2 is 2.00 bits per heavy atom. The second kappa shape index (κ2) is 8.12. The molecule has 0 heterocycles. The molecule has 0 bridgehead atoms. The average molecular weight is 325 g/mol. The molecule has 0 aliphatic rings. The first kappa shape index (κ1) is 17.6. The lowest BCUT2D eigenvalue weighted by molar-refractivity contribution is -0.274. The highest BCUT2D eigenvalue weighted by atomic mass is 35.5. The van der Waals surface area contributed by atoms with Crippen LogP contribution in [0.4, 0.5) is 13.2 Å². The van der Waals surface area contributed by atoms with E-state index in [0.29, 0.717) is 32.3 Å². The summed E-state index contributed by atoms with van der Waals surface area (Å²) >= 11 is 5.74. The van der Waals surface area contributed by atoms with Gasteiger partial charge in [0.15, 0.2) is 0 Å². The molecule has 0 saturated carbocycles. The molecule has 0 radical (unpaired) electrons. The van der Waals surface area contributed by atoms with Crippen LogP contribution in [0.2, 0.25) is 5.02 Å². The Balaban J connectivity index is 2.43. The first-order chi connectivity index (χ1) is 9.81. The second-order valence-electron chi connectivity index (χ2n) is 4.32. The van der Waals surface area contributed by atoms with Crippen LogP contribution in [0.5, 0.6) is 5.75 Å². The standard InChI is InChI=1S/C14H16ClF3O3/c1-2-20-13(19)6-4-3-5-10-7-8-12(11(15)9-10)21-14(16,17)18/h7-9H,2-6H2,1H3. The zero-order valence-electron chi connectivity index (χ0n) is 11.5. The van der Waals surface area contributed by atoms with Crippen LogP contribution in [0, 0.1) is 0 Å². The second-order valence-corrected chi connectivity index (χ2v) is 4.73. The number of rotatable bonds is 7. The molecule has 0 saturated heterocycles. The molecular formula is C14H16ClF3O3. The van der Waals surface area contributed by atoms with Gasteiger partial charge in [0.25, 0.3) is 0 Å². The smallest absolute Gasteiger partial charge is 0.466 e. The fourth-order valence-corrected chi connectivity index (χ4v) is 1.98. The molecule has 3 nitrogen and oxygen atoms in total. The van der Waals surface area contributed by atoms with Gasteiger partial charge in [0.05, 0.1) is 11.6 Å². The minimum Gasteiger partial charge on any atom is -0.466 e. The van der Waals surface area contributed by atoms with Gasteiger partial charge in [-0.15, -0.1) is 13.2 Å². The van der Waals surface area contributed by atoms with Crippen LogP contribution < -0.4 is 4.74 Å². The van der Waals surface area contributed by atoms with Crippen molar-refractivity contribution in [3.63, 3.8) is 0 Å². The summed E-state index contributed by atoms with van der Waals surface area (Å²) in [6, 6.07) is 4.15. The molecule has 0 atom stereocenters. The molecule has 0 aliphatic carbocycles. The third-order valence-electron chi connectivity index (χ3n) is 2.62. The van der Waals surface area contributed by atoms with Gasteiger partial charge in [-0.1, -0.05) is 17.7 Å². The normalized spacial score (nSPS) is 11.3. The Kier molecular flexibility index (Phi) is 6.81. The summed E-state index contributed by atoms with van der Waals surface area (Å²) in [4.78, 5) is 11.1. The van der Waals surface area contributed by atoms with E-state index in [1.54, 1.807) is 6.92 Å². The van der Waals surface area contributed by atoms with Crippen molar-refractivity contribution in [1.29, 1.82) is 0 Å². The molecule has 0 aliphatic heterocycles. The van der Waals surface area contributed by atoms with Crippen molar-refractivity contribution < 1.29 is 27.4 Å². The number of carbonyl (C=O) groups is 1. The van der Waals surface area contributed by atoms with E-state index in [4.69, 9.17) is 16.3 Å². The maximum Gasteiger partial charge on any atom is 0.573 e. The highest BCUT2D eigenvalue weighted by Gasteiger charge is 2.31. The number of halogens is 4. The third kappa shape index (κ3) is 7.22. The number of unbranched alkanes of at least 4 members (excludes halogenated alkanes) is 1. The zero-order chi connectivity index (χ0) is 15.9. The molecular weight excluding hydrogens is 309 g/mol. The Hall–Kier alpha value is -1.43. The number of ether oxygens (including phenoxy) is 2. The minimum atomic E-state index is -4.76. The van der Waals surface area contributed by atoms with Gasteiger partial charge in [-0.3, -0.25) is 4.79 Å². The van der Waals surface area contributed by atoms with Gasteiger partial charge < -0.3 is 9.47 Å². The molecule has 0 amide bonds. The predicted octanol–water partition coefficient (Wildman–Crippen LogP) is 4.51. The SMILES string of the molecule is CCOC(=O)CCCCc1ccc(OC(F)(F)F)c(Cl)c1. The van der Waals surface area contributed by atoms with Gasteiger partial charge in [-0.25, -0.2) is 0 Å². The molecule has 1 rings (SSSR count). The van der Waals surface area contributed by atoms with Crippen LogP contribution in [-0.4, -0.2) is 18.9 Å². The lowest BCUT2D eigenvalue weighted by atomic mass is 10.1. The summed E-state index contributed by atoms with van der Waals surface area (Å²) in [5, 5.41) is -0.0878. The summed E-state index contributed by atoms with van der Waals surface area (Å²) < 4.78 is 44.8. The molecule has 21 heavy (non-hydrogen) atoms. The Morgan fingerprint density at radius 3 is 2.57 bits per heavy atom. The molecule has 0 unspecified atom stereocenters. The fraction of sp³-hybridized carbons (Fsp3) is 0.500. The van der Waals surface area contributed by atoms with E-state index in [1.165, 1.54) is 18.2 Å². The van der Waals surface area contributed by atoms with Crippen LogP contribution in [0.15, 0.2) is 18.2 Å². The predicted molar refractivity (Wildman–Crippen MR) is 72.3 cm³/mol. The maximum absolute atomic E-state index is 12.1. The topological polar surface area (TPSA) is 35.5 Å². The monoisotopic (exact) mass is 324 g/mol. The molecule has 0 N–H and O–H groups in total. The van der Waals surface area contributed by atoms with Gasteiger partial charge in [0.1, 0.15) is 5.75 Å². The number of hydrogen-bond acceptors (Lipinski definition) is 3. The van der Waals surface area contributed by atoms with Crippen molar-refractivity contribution in [1.82, 2.24) is 0 Å². The summed E-state index contributed by atoms with van der Waals surface area (Å²) in [5.74, 6) is -0.663. The highest BCUT2D eigenvalue weighted by Crippen LogP contribution is 2.31. The number of hydrogen-bond donors (Lipinski definition) is 0. The molecule has 0 aromatic heterocycles. The van der Waals surface area contributed by atoms with Crippen LogP contribution in [0.3, 0.4) is 0 Å². The molecule has 7 heteroatoms. The lowest BCUT2D eigenvalue weighted by Crippen LogP contribution is -2.17. The van der Waals surface area contributed by atoms with Crippen LogP contribution in [0.25, 0.3) is 0 Å². The van der Waals surface area contributed by atoms with E-state index in [9.17, 15) is 18.0 Å². The van der Waals surface area contributed by atoms with E-state index in [1.807, 2.05) is 0 Å². The van der Waals surface area contributed by atoms with Crippen molar-refractivity contribution in [3.05, 3.63) is 28.8 Å². The largest absolute Gasteiger partial charge is 0.573 e. The number of aryl methyl sites for hydroxylation is 1. The minimum absolute atomic E-state index is 0.0878. The molecule has 1 aromatic carbocycles. The number of carbonyl (C=O) groups excluding carboxylic acids is 1. The van der Waals surface area contributed by atoms with Gasteiger partial charge in [0.2, 0.25) is 0 Å². The fourth-order valence-electron chi connectivity index (χ4n) is 1.74. The van der Waals surface area contributed by atoms with Crippen molar-refractivity contribution in [3.8, 4) is 5.75 Å². The van der Waals surface area contributed by atoms with Gasteiger partial charge in [0, 0.05) is 6.42 Å². The van der Waals surface area contributed by atoms with Crippen molar-refractivity contribution in [2.45, 2.75) is 39.0 Å². The molecule has 0 spiro atoms. The van der Waals surface area contributed by atoms with Crippen molar-refractivity contribution in [2.24, 2.45) is 0 Å². The lowest BCUT2D eigenvalue weighted by Gasteiger charge is -2.11. The van der Waals surface area contributed by atoms with Crippen molar-refractivity contribution >= 4 is 17.6 Å². The Labute approximate surface area is 126 Å². The average Bonchev–Trinajstić information content (AvgIpc) is 2.37. The Bertz CT molecular complexity index is 475. The number of benzene rings is 1. The van der Waals surface area contributed by atoms with Crippen LogP contribution in [0.1, 0.15) is 31.7 Å². The van der Waals surface area contributed by atoms with Crippen LogP contribution in [-0.2, 0) is 16.0 Å². The number of alkyl halides is 3. The summed E-state index contributed by atoms with van der Waals surface area (Å²) in [6.07, 6.45) is -2.45. The first-order valence-electron chi connectivity index (χ1n) is 6.51. The van der Waals surface area contributed by atoms with E-state index >= 15 is 0 Å². The summed E-state index contributed by atoms with van der Waals surface area (Å²) in [6.45, 7) is 2.10. The van der Waals surface area contributed by atoms with Crippen molar-refractivity contribution in [2.75, 3.05) is 6.61 Å². The van der Waals surface area contributed by atoms with Gasteiger partial charge in [-0.05, 0) is 43.9 Å². The maximum atomic E-state index is 12.1. The van der Waals surface area contributed by atoms with E-state index in [0.717, 1.165) is 5.56 Å². The highest BCUT2D eigenvalue weighted by molar-refractivity contribution is 6.32. The molecule has 1 aromatic rings. The number of esters is 1.